The topological polar surface area (TPSA) is 33.8 Å². The van der Waals surface area contributed by atoms with Crippen LogP contribution >= 0.6 is 27.5 Å². The number of benzene rings is 2. The van der Waals surface area contributed by atoms with Crippen molar-refractivity contribution in [2.75, 3.05) is 0 Å². The maximum atomic E-state index is 12.3. The highest BCUT2D eigenvalue weighted by Crippen LogP contribution is 2.18. The molecule has 0 spiro atoms. The molecular formula is C18H13BrClN2O+. The van der Waals surface area contributed by atoms with Gasteiger partial charge in [0, 0.05) is 31.8 Å². The monoisotopic (exact) mass is 387 g/mol. The fraction of sp³-hybridized carbons (Fsp3) is 0.0556. The fourth-order valence-corrected chi connectivity index (χ4v) is 2.57. The highest BCUT2D eigenvalue weighted by molar-refractivity contribution is 9.10. The summed E-state index contributed by atoms with van der Waals surface area (Å²) in [7, 11) is 0. The lowest BCUT2D eigenvalue weighted by molar-refractivity contribution is -0.740. The second-order valence-electron chi connectivity index (χ2n) is 5.03. The highest BCUT2D eigenvalue weighted by Gasteiger charge is 2.14. The van der Waals surface area contributed by atoms with Gasteiger partial charge in [-0.2, -0.15) is 0 Å². The van der Waals surface area contributed by atoms with Crippen LogP contribution in [0.3, 0.4) is 0 Å². The van der Waals surface area contributed by atoms with E-state index >= 15 is 0 Å². The SMILES string of the molecule is O=C(C[n+]1cccc(-c2ccc(Cl)cc2)n1)c1ccc(Br)cc1. The van der Waals surface area contributed by atoms with Crippen LogP contribution in [-0.2, 0) is 6.54 Å². The van der Waals surface area contributed by atoms with Gasteiger partial charge in [0.25, 0.3) is 0 Å². The molecule has 23 heavy (non-hydrogen) atoms. The van der Waals surface area contributed by atoms with Gasteiger partial charge in [0.2, 0.25) is 12.3 Å². The van der Waals surface area contributed by atoms with Crippen LogP contribution in [0, 0.1) is 0 Å². The van der Waals surface area contributed by atoms with Gasteiger partial charge >= 0.3 is 0 Å². The first-order valence-corrected chi connectivity index (χ1v) is 8.20. The molecule has 1 aromatic heterocycles. The minimum Gasteiger partial charge on any atom is -0.287 e. The summed E-state index contributed by atoms with van der Waals surface area (Å²) in [6.45, 7) is 0.197. The van der Waals surface area contributed by atoms with Crippen LogP contribution in [0.25, 0.3) is 11.3 Å². The lowest BCUT2D eigenvalue weighted by Crippen LogP contribution is -2.41. The Hall–Kier alpha value is -2.04. The molecule has 0 aliphatic carbocycles. The molecule has 114 valence electrons. The maximum Gasteiger partial charge on any atom is 0.236 e. The van der Waals surface area contributed by atoms with Crippen LogP contribution in [0.5, 0.6) is 0 Å². The second-order valence-corrected chi connectivity index (χ2v) is 6.38. The first kappa shape index (κ1) is 15.8. The predicted octanol–water partition coefficient (Wildman–Crippen LogP) is 4.33. The van der Waals surface area contributed by atoms with Crippen LogP contribution < -0.4 is 4.68 Å². The van der Waals surface area contributed by atoms with Gasteiger partial charge in [0.1, 0.15) is 5.69 Å². The summed E-state index contributed by atoms with van der Waals surface area (Å²) in [6.07, 6.45) is 1.79. The van der Waals surface area contributed by atoms with Crippen LogP contribution in [0.2, 0.25) is 5.02 Å². The molecule has 3 nitrogen and oxygen atoms in total. The molecule has 0 radical (unpaired) electrons. The summed E-state index contributed by atoms with van der Waals surface area (Å²) in [5.41, 5.74) is 2.42. The van der Waals surface area contributed by atoms with Crippen LogP contribution in [-0.4, -0.2) is 10.9 Å². The average Bonchev–Trinajstić information content (AvgIpc) is 2.56. The van der Waals surface area contributed by atoms with Crippen molar-refractivity contribution in [3.8, 4) is 11.3 Å². The van der Waals surface area contributed by atoms with Gasteiger partial charge in [-0.15, -0.1) is 0 Å². The van der Waals surface area contributed by atoms with E-state index in [0.29, 0.717) is 10.6 Å². The van der Waals surface area contributed by atoms with Crippen molar-refractivity contribution in [3.05, 3.63) is 81.9 Å². The van der Waals surface area contributed by atoms with E-state index in [4.69, 9.17) is 11.6 Å². The quantitative estimate of drug-likeness (QED) is 0.492. The molecule has 3 aromatic rings. The molecule has 0 N–H and O–H groups in total. The van der Waals surface area contributed by atoms with Crippen molar-refractivity contribution in [2.24, 2.45) is 0 Å². The van der Waals surface area contributed by atoms with Crippen LogP contribution in [0.1, 0.15) is 10.4 Å². The molecule has 1 heterocycles. The number of hydrogen-bond donors (Lipinski definition) is 0. The molecule has 0 amide bonds. The van der Waals surface area contributed by atoms with E-state index in [1.165, 1.54) is 0 Å². The molecule has 2 aromatic carbocycles. The molecule has 0 aliphatic rings. The highest BCUT2D eigenvalue weighted by atomic mass is 79.9. The third-order valence-electron chi connectivity index (χ3n) is 3.36. The van der Waals surface area contributed by atoms with Crippen molar-refractivity contribution in [3.63, 3.8) is 0 Å². The Morgan fingerprint density at radius 1 is 1.04 bits per heavy atom. The second kappa shape index (κ2) is 7.02. The lowest BCUT2D eigenvalue weighted by Gasteiger charge is -2.00. The Balaban J connectivity index is 1.81. The van der Waals surface area contributed by atoms with Gasteiger partial charge < -0.3 is 0 Å². The van der Waals surface area contributed by atoms with Gasteiger partial charge in [-0.05, 0) is 30.3 Å². The van der Waals surface area contributed by atoms with Crippen molar-refractivity contribution in [2.45, 2.75) is 6.54 Å². The molecule has 0 saturated carbocycles. The van der Waals surface area contributed by atoms with E-state index in [9.17, 15) is 4.79 Å². The largest absolute Gasteiger partial charge is 0.287 e. The van der Waals surface area contributed by atoms with Gasteiger partial charge in [0.15, 0.2) is 6.20 Å². The number of halogens is 2. The van der Waals surface area contributed by atoms with Gasteiger partial charge in [-0.1, -0.05) is 56.5 Å². The van der Waals surface area contributed by atoms with E-state index in [1.807, 2.05) is 48.5 Å². The Morgan fingerprint density at radius 2 is 1.74 bits per heavy atom. The maximum absolute atomic E-state index is 12.3. The van der Waals surface area contributed by atoms with Crippen LogP contribution in [0.15, 0.2) is 71.3 Å². The normalized spacial score (nSPS) is 10.5. The molecule has 5 heteroatoms. The number of rotatable bonds is 4. The number of aromatic nitrogens is 2. The third kappa shape index (κ3) is 4.03. The molecule has 0 saturated heterocycles. The van der Waals surface area contributed by atoms with Gasteiger partial charge in [-0.25, -0.2) is 0 Å². The number of hydrogen-bond acceptors (Lipinski definition) is 2. The molecule has 0 aliphatic heterocycles. The van der Waals surface area contributed by atoms with Crippen molar-refractivity contribution < 1.29 is 9.48 Å². The molecular weight excluding hydrogens is 376 g/mol. The average molecular weight is 389 g/mol. The zero-order valence-electron chi connectivity index (χ0n) is 12.1. The van der Waals surface area contributed by atoms with Gasteiger partial charge in [-0.3, -0.25) is 4.79 Å². The van der Waals surface area contributed by atoms with Gasteiger partial charge in [0.05, 0.1) is 0 Å². The summed E-state index contributed by atoms with van der Waals surface area (Å²) in [5.74, 6) is 0.0169. The fourth-order valence-electron chi connectivity index (χ4n) is 2.18. The molecule has 0 atom stereocenters. The minimum atomic E-state index is 0.0169. The summed E-state index contributed by atoms with van der Waals surface area (Å²) >= 11 is 9.27. The standard InChI is InChI=1S/C18H13BrClN2O/c19-15-7-3-14(4-8-15)18(23)12-22-11-1-2-17(21-22)13-5-9-16(20)10-6-13/h1-11H,12H2/q+1. The van der Waals surface area contributed by atoms with E-state index in [2.05, 4.69) is 21.0 Å². The summed E-state index contributed by atoms with van der Waals surface area (Å²) < 4.78 is 2.60. The number of nitrogens with zero attached hydrogens (tertiary/aromatic N) is 2. The summed E-state index contributed by atoms with van der Waals surface area (Å²) in [5, 5.41) is 5.18. The molecule has 0 bridgehead atoms. The molecule has 0 unspecified atom stereocenters. The predicted molar refractivity (Wildman–Crippen MR) is 93.4 cm³/mol. The zero-order chi connectivity index (χ0) is 16.2. The Kier molecular flexibility index (Phi) is 4.84. The third-order valence-corrected chi connectivity index (χ3v) is 4.14. The van der Waals surface area contributed by atoms with E-state index < -0.39 is 0 Å². The van der Waals surface area contributed by atoms with E-state index in [1.54, 1.807) is 23.0 Å². The lowest BCUT2D eigenvalue weighted by atomic mass is 10.1. The number of carbonyl (C=O) groups excluding carboxylic acids is 1. The smallest absolute Gasteiger partial charge is 0.236 e. The van der Waals surface area contributed by atoms with Crippen molar-refractivity contribution in [1.29, 1.82) is 0 Å². The first-order valence-electron chi connectivity index (χ1n) is 7.03. The Morgan fingerprint density at radius 3 is 2.43 bits per heavy atom. The Bertz CT molecular complexity index is 832. The van der Waals surface area contributed by atoms with Crippen molar-refractivity contribution >= 4 is 33.3 Å². The number of carbonyl (C=O) groups is 1. The number of Topliss-reactive ketones (excluding diaryl/α,β-unsaturated/α-hetero) is 1. The Labute approximate surface area is 147 Å². The molecule has 3 rings (SSSR count). The number of ketones is 1. The molecule has 0 fully saturated rings. The zero-order valence-corrected chi connectivity index (χ0v) is 14.5. The van der Waals surface area contributed by atoms with Crippen LogP contribution in [0.4, 0.5) is 0 Å². The summed E-state index contributed by atoms with van der Waals surface area (Å²) in [6, 6.07) is 18.6. The first-order chi connectivity index (χ1) is 11.1. The summed E-state index contributed by atoms with van der Waals surface area (Å²) in [4.78, 5) is 12.3. The van der Waals surface area contributed by atoms with E-state index in [-0.39, 0.29) is 12.3 Å². The van der Waals surface area contributed by atoms with E-state index in [0.717, 1.165) is 15.7 Å². The van der Waals surface area contributed by atoms with Crippen molar-refractivity contribution in [1.82, 2.24) is 5.10 Å². The minimum absolute atomic E-state index is 0.0169.